The van der Waals surface area contributed by atoms with E-state index in [4.69, 9.17) is 4.74 Å². The quantitative estimate of drug-likeness (QED) is 0.913. The third-order valence-corrected chi connectivity index (χ3v) is 3.35. The number of amides is 1. The first kappa shape index (κ1) is 13.5. The molecule has 5 heteroatoms. The lowest BCUT2D eigenvalue weighted by Gasteiger charge is -2.06. The SMILES string of the molecule is Cc1nc(CCNC(=O)OCc2ccccc2)cs1. The summed E-state index contributed by atoms with van der Waals surface area (Å²) in [6, 6.07) is 9.61. The van der Waals surface area contributed by atoms with Gasteiger partial charge in [0.1, 0.15) is 6.61 Å². The van der Waals surface area contributed by atoms with E-state index >= 15 is 0 Å². The van der Waals surface area contributed by atoms with Gasteiger partial charge in [0.25, 0.3) is 0 Å². The fourth-order valence-corrected chi connectivity index (χ4v) is 2.24. The molecule has 0 atom stereocenters. The number of nitrogens with zero attached hydrogens (tertiary/aromatic N) is 1. The number of thiazole rings is 1. The van der Waals surface area contributed by atoms with Gasteiger partial charge in [-0.2, -0.15) is 0 Å². The Morgan fingerprint density at radius 2 is 2.16 bits per heavy atom. The summed E-state index contributed by atoms with van der Waals surface area (Å²) in [6.07, 6.45) is 0.334. The van der Waals surface area contributed by atoms with Gasteiger partial charge < -0.3 is 10.1 Å². The van der Waals surface area contributed by atoms with Crippen LogP contribution in [0.3, 0.4) is 0 Å². The van der Waals surface area contributed by atoms with Crippen molar-refractivity contribution in [2.75, 3.05) is 6.54 Å². The van der Waals surface area contributed by atoms with E-state index in [1.165, 1.54) is 0 Å². The molecule has 0 aliphatic rings. The van der Waals surface area contributed by atoms with Gasteiger partial charge in [0.05, 0.1) is 10.7 Å². The molecule has 0 radical (unpaired) electrons. The van der Waals surface area contributed by atoms with Crippen molar-refractivity contribution >= 4 is 17.4 Å². The predicted molar refractivity (Wildman–Crippen MR) is 75.2 cm³/mol. The van der Waals surface area contributed by atoms with Crippen molar-refractivity contribution in [1.29, 1.82) is 0 Å². The molecule has 0 aliphatic carbocycles. The molecule has 100 valence electrons. The molecule has 1 amide bonds. The highest BCUT2D eigenvalue weighted by Gasteiger charge is 2.03. The molecule has 1 N–H and O–H groups in total. The molecule has 19 heavy (non-hydrogen) atoms. The molecule has 0 unspecified atom stereocenters. The van der Waals surface area contributed by atoms with Crippen molar-refractivity contribution in [3.8, 4) is 0 Å². The molecule has 0 fully saturated rings. The second-order valence-electron chi connectivity index (χ2n) is 4.10. The summed E-state index contributed by atoms with van der Waals surface area (Å²) in [5, 5.41) is 5.76. The smallest absolute Gasteiger partial charge is 0.407 e. The Balaban J connectivity index is 1.65. The van der Waals surface area contributed by atoms with Crippen molar-refractivity contribution < 1.29 is 9.53 Å². The Labute approximate surface area is 116 Å². The van der Waals surface area contributed by atoms with Crippen LogP contribution in [0.4, 0.5) is 4.79 Å². The van der Waals surface area contributed by atoms with E-state index in [0.717, 1.165) is 22.7 Å². The summed E-state index contributed by atoms with van der Waals surface area (Å²) < 4.78 is 5.10. The summed E-state index contributed by atoms with van der Waals surface area (Å²) in [4.78, 5) is 15.8. The first-order valence-corrected chi connectivity index (χ1v) is 6.97. The molecule has 1 aromatic heterocycles. The van der Waals surface area contributed by atoms with Crippen LogP contribution in [0.2, 0.25) is 0 Å². The number of hydrogen-bond acceptors (Lipinski definition) is 4. The van der Waals surface area contributed by atoms with Gasteiger partial charge in [-0.3, -0.25) is 0 Å². The monoisotopic (exact) mass is 276 g/mol. The molecule has 2 aromatic rings. The Kier molecular flexibility index (Phi) is 4.92. The normalized spacial score (nSPS) is 10.2. The number of carbonyl (C=O) groups is 1. The molecule has 0 saturated heterocycles. The number of nitrogens with one attached hydrogen (secondary N) is 1. The zero-order valence-electron chi connectivity index (χ0n) is 10.8. The standard InChI is InChI=1S/C14H16N2O2S/c1-11-16-13(10-19-11)7-8-15-14(17)18-9-12-5-3-2-4-6-12/h2-6,10H,7-9H2,1H3,(H,15,17). The molecule has 0 aliphatic heterocycles. The fourth-order valence-electron chi connectivity index (χ4n) is 1.59. The number of alkyl carbamates (subject to hydrolysis) is 1. The van der Waals surface area contributed by atoms with Gasteiger partial charge in [-0.1, -0.05) is 30.3 Å². The lowest BCUT2D eigenvalue weighted by molar-refractivity contribution is 0.140. The van der Waals surface area contributed by atoms with Crippen molar-refractivity contribution in [2.45, 2.75) is 20.0 Å². The highest BCUT2D eigenvalue weighted by atomic mass is 32.1. The van der Waals surface area contributed by atoms with Crippen molar-refractivity contribution in [3.05, 3.63) is 52.0 Å². The molecule has 0 saturated carbocycles. The minimum Gasteiger partial charge on any atom is -0.445 e. The van der Waals surface area contributed by atoms with E-state index in [1.54, 1.807) is 11.3 Å². The van der Waals surface area contributed by atoms with E-state index in [9.17, 15) is 4.79 Å². The summed E-state index contributed by atoms with van der Waals surface area (Å²) in [5.41, 5.74) is 1.98. The van der Waals surface area contributed by atoms with Crippen molar-refractivity contribution in [1.82, 2.24) is 10.3 Å². The van der Waals surface area contributed by atoms with Gasteiger partial charge in [-0.15, -0.1) is 11.3 Å². The van der Waals surface area contributed by atoms with Gasteiger partial charge >= 0.3 is 6.09 Å². The third-order valence-electron chi connectivity index (χ3n) is 2.53. The lowest BCUT2D eigenvalue weighted by atomic mass is 10.2. The van der Waals surface area contributed by atoms with Crippen LogP contribution >= 0.6 is 11.3 Å². The Hall–Kier alpha value is -1.88. The third kappa shape index (κ3) is 4.71. The fraction of sp³-hybridized carbons (Fsp3) is 0.286. The van der Waals surface area contributed by atoms with Gasteiger partial charge in [0.2, 0.25) is 0 Å². The molecule has 0 bridgehead atoms. The number of ether oxygens (including phenoxy) is 1. The van der Waals surface area contributed by atoms with Crippen LogP contribution < -0.4 is 5.32 Å². The molecular weight excluding hydrogens is 260 g/mol. The Morgan fingerprint density at radius 3 is 2.84 bits per heavy atom. The summed E-state index contributed by atoms with van der Waals surface area (Å²) in [5.74, 6) is 0. The molecule has 4 nitrogen and oxygen atoms in total. The second-order valence-corrected chi connectivity index (χ2v) is 5.16. The minimum atomic E-state index is -0.393. The Bertz CT molecular complexity index is 525. The number of hydrogen-bond donors (Lipinski definition) is 1. The maximum absolute atomic E-state index is 11.5. The highest BCUT2D eigenvalue weighted by molar-refractivity contribution is 7.09. The lowest BCUT2D eigenvalue weighted by Crippen LogP contribution is -2.26. The van der Waals surface area contributed by atoms with E-state index in [1.807, 2.05) is 42.6 Å². The first-order chi connectivity index (χ1) is 9.24. The molecular formula is C14H16N2O2S. The Morgan fingerprint density at radius 1 is 1.37 bits per heavy atom. The molecule has 0 spiro atoms. The number of aromatic nitrogens is 1. The maximum atomic E-state index is 11.5. The topological polar surface area (TPSA) is 51.2 Å². The number of benzene rings is 1. The van der Waals surface area contributed by atoms with E-state index in [2.05, 4.69) is 10.3 Å². The average molecular weight is 276 g/mol. The number of carbonyl (C=O) groups excluding carboxylic acids is 1. The number of aryl methyl sites for hydroxylation is 1. The van der Waals surface area contributed by atoms with E-state index in [0.29, 0.717) is 13.2 Å². The maximum Gasteiger partial charge on any atom is 0.407 e. The summed E-state index contributed by atoms with van der Waals surface area (Å²) in [6.45, 7) is 2.80. The predicted octanol–water partition coefficient (Wildman–Crippen LogP) is 2.92. The number of rotatable bonds is 5. The van der Waals surface area contributed by atoms with Crippen LogP contribution in [-0.4, -0.2) is 17.6 Å². The van der Waals surface area contributed by atoms with Gasteiger partial charge in [-0.25, -0.2) is 9.78 Å². The van der Waals surface area contributed by atoms with E-state index in [-0.39, 0.29) is 0 Å². The van der Waals surface area contributed by atoms with Crippen LogP contribution in [0, 0.1) is 6.92 Å². The van der Waals surface area contributed by atoms with Crippen molar-refractivity contribution in [2.24, 2.45) is 0 Å². The van der Waals surface area contributed by atoms with Crippen LogP contribution in [0.25, 0.3) is 0 Å². The van der Waals surface area contributed by atoms with E-state index < -0.39 is 6.09 Å². The highest BCUT2D eigenvalue weighted by Crippen LogP contribution is 2.07. The zero-order chi connectivity index (χ0) is 13.5. The molecule has 2 rings (SSSR count). The average Bonchev–Trinajstić information content (AvgIpc) is 2.83. The van der Waals surface area contributed by atoms with Crippen LogP contribution in [0.15, 0.2) is 35.7 Å². The minimum absolute atomic E-state index is 0.294. The second kappa shape index (κ2) is 6.89. The summed E-state index contributed by atoms with van der Waals surface area (Å²) in [7, 11) is 0. The van der Waals surface area contributed by atoms with Gasteiger partial charge in [0.15, 0.2) is 0 Å². The summed E-state index contributed by atoms with van der Waals surface area (Å²) >= 11 is 1.62. The first-order valence-electron chi connectivity index (χ1n) is 6.09. The molecule has 1 aromatic carbocycles. The van der Waals surface area contributed by atoms with Gasteiger partial charge in [0, 0.05) is 18.3 Å². The molecule has 1 heterocycles. The van der Waals surface area contributed by atoms with Crippen LogP contribution in [0.1, 0.15) is 16.3 Å². The largest absolute Gasteiger partial charge is 0.445 e. The zero-order valence-corrected chi connectivity index (χ0v) is 11.6. The van der Waals surface area contributed by atoms with Gasteiger partial charge in [-0.05, 0) is 12.5 Å². The van der Waals surface area contributed by atoms with Crippen molar-refractivity contribution in [3.63, 3.8) is 0 Å². The van der Waals surface area contributed by atoms with Crippen LogP contribution in [-0.2, 0) is 17.8 Å². The van der Waals surface area contributed by atoms with Crippen LogP contribution in [0.5, 0.6) is 0 Å².